The molecule has 2 N–H and O–H groups in total. The molecule has 7 heteroatoms. The second-order valence-electron chi connectivity index (χ2n) is 3.14. The molecule has 0 saturated heterocycles. The molecular formula is C9H11BrFNO3S. The smallest absolute Gasteiger partial charge is 0.209 e. The van der Waals surface area contributed by atoms with Crippen LogP contribution in [0, 0.1) is 5.82 Å². The Morgan fingerprint density at radius 3 is 2.69 bits per heavy atom. The first-order chi connectivity index (χ1) is 7.38. The van der Waals surface area contributed by atoms with Gasteiger partial charge in [0.05, 0.1) is 12.4 Å². The molecule has 16 heavy (non-hydrogen) atoms. The highest BCUT2D eigenvalue weighted by Gasteiger charge is 2.05. The summed E-state index contributed by atoms with van der Waals surface area (Å²) in [7, 11) is -3.48. The van der Waals surface area contributed by atoms with Crippen LogP contribution >= 0.6 is 15.9 Å². The number of hydrogen-bond donors (Lipinski definition) is 1. The number of nitrogens with two attached hydrogens (primary N) is 1. The van der Waals surface area contributed by atoms with Gasteiger partial charge in [0.2, 0.25) is 10.0 Å². The Morgan fingerprint density at radius 1 is 1.44 bits per heavy atom. The second kappa shape index (κ2) is 5.60. The van der Waals surface area contributed by atoms with E-state index in [0.717, 1.165) is 0 Å². The molecule has 0 saturated carbocycles. The normalized spacial score (nSPS) is 11.4. The first-order valence-corrected chi connectivity index (χ1v) is 6.97. The summed E-state index contributed by atoms with van der Waals surface area (Å²) >= 11 is 3.11. The molecule has 0 radical (unpaired) electrons. The van der Waals surface area contributed by atoms with Crippen molar-refractivity contribution in [2.24, 2.45) is 5.14 Å². The minimum Gasteiger partial charge on any atom is -0.490 e. The third-order valence-electron chi connectivity index (χ3n) is 1.72. The van der Waals surface area contributed by atoms with Crippen LogP contribution in [0.4, 0.5) is 4.39 Å². The zero-order chi connectivity index (χ0) is 12.2. The Hall–Kier alpha value is -0.660. The molecule has 1 aromatic carbocycles. The largest absolute Gasteiger partial charge is 0.490 e. The summed E-state index contributed by atoms with van der Waals surface area (Å²) in [5.74, 6) is -0.576. The van der Waals surface area contributed by atoms with Crippen LogP contribution in [0.25, 0.3) is 0 Å². The Morgan fingerprint density at radius 2 is 2.12 bits per heavy atom. The SMILES string of the molecule is NS(=O)(=O)CCCOc1ccc(Br)cc1F. The summed E-state index contributed by atoms with van der Waals surface area (Å²) in [6.07, 6.45) is 0.230. The van der Waals surface area contributed by atoms with Gasteiger partial charge in [0.1, 0.15) is 0 Å². The molecule has 0 aromatic heterocycles. The highest BCUT2D eigenvalue weighted by molar-refractivity contribution is 9.10. The van der Waals surface area contributed by atoms with Gasteiger partial charge >= 0.3 is 0 Å². The summed E-state index contributed by atoms with van der Waals surface area (Å²) in [5, 5.41) is 4.80. The van der Waals surface area contributed by atoms with E-state index in [2.05, 4.69) is 15.9 Å². The number of hydrogen-bond acceptors (Lipinski definition) is 3. The van der Waals surface area contributed by atoms with Gasteiger partial charge in [-0.05, 0) is 24.6 Å². The van der Waals surface area contributed by atoms with Crippen molar-refractivity contribution in [1.29, 1.82) is 0 Å². The van der Waals surface area contributed by atoms with Crippen molar-refractivity contribution in [3.63, 3.8) is 0 Å². The Labute approximate surface area is 102 Å². The third kappa shape index (κ3) is 4.91. The molecule has 0 aliphatic rings. The second-order valence-corrected chi connectivity index (χ2v) is 5.79. The summed E-state index contributed by atoms with van der Waals surface area (Å²) in [4.78, 5) is 0. The van der Waals surface area contributed by atoms with E-state index in [4.69, 9.17) is 9.88 Å². The van der Waals surface area contributed by atoms with Crippen LogP contribution in [0.3, 0.4) is 0 Å². The van der Waals surface area contributed by atoms with Crippen molar-refractivity contribution in [2.45, 2.75) is 6.42 Å². The van der Waals surface area contributed by atoms with Gasteiger partial charge in [-0.1, -0.05) is 15.9 Å². The van der Waals surface area contributed by atoms with E-state index in [-0.39, 0.29) is 24.5 Å². The number of halogens is 2. The lowest BCUT2D eigenvalue weighted by Crippen LogP contribution is -2.18. The van der Waals surface area contributed by atoms with E-state index >= 15 is 0 Å². The van der Waals surface area contributed by atoms with E-state index < -0.39 is 15.8 Å². The first-order valence-electron chi connectivity index (χ1n) is 4.47. The number of benzene rings is 1. The molecule has 1 rings (SSSR count). The van der Waals surface area contributed by atoms with Gasteiger partial charge in [-0.2, -0.15) is 0 Å². The predicted molar refractivity (Wildman–Crippen MR) is 62.2 cm³/mol. The van der Waals surface area contributed by atoms with Crippen LogP contribution in [0.15, 0.2) is 22.7 Å². The van der Waals surface area contributed by atoms with Gasteiger partial charge < -0.3 is 4.74 Å². The molecule has 0 spiro atoms. The molecule has 90 valence electrons. The predicted octanol–water partition coefficient (Wildman–Crippen LogP) is 1.65. The fourth-order valence-corrected chi connectivity index (χ4v) is 1.89. The van der Waals surface area contributed by atoms with Crippen LogP contribution in [0.2, 0.25) is 0 Å². The maximum Gasteiger partial charge on any atom is 0.209 e. The van der Waals surface area contributed by atoms with Gasteiger partial charge in [0.25, 0.3) is 0 Å². The van der Waals surface area contributed by atoms with E-state index in [1.165, 1.54) is 12.1 Å². The lowest BCUT2D eigenvalue weighted by Gasteiger charge is -2.06. The highest BCUT2D eigenvalue weighted by atomic mass is 79.9. The minimum absolute atomic E-state index is 0.0950. The van der Waals surface area contributed by atoms with Crippen molar-refractivity contribution in [2.75, 3.05) is 12.4 Å². The van der Waals surface area contributed by atoms with Crippen LogP contribution in [-0.2, 0) is 10.0 Å². The molecule has 4 nitrogen and oxygen atoms in total. The zero-order valence-electron chi connectivity index (χ0n) is 8.32. The average molecular weight is 312 g/mol. The lowest BCUT2D eigenvalue weighted by molar-refractivity contribution is 0.301. The zero-order valence-corrected chi connectivity index (χ0v) is 10.7. The van der Waals surface area contributed by atoms with Gasteiger partial charge in [-0.25, -0.2) is 17.9 Å². The quantitative estimate of drug-likeness (QED) is 0.841. The van der Waals surface area contributed by atoms with Gasteiger partial charge in [-0.3, -0.25) is 0 Å². The first kappa shape index (κ1) is 13.4. The fraction of sp³-hybridized carbons (Fsp3) is 0.333. The molecule has 0 aliphatic carbocycles. The third-order valence-corrected chi connectivity index (χ3v) is 3.08. The van der Waals surface area contributed by atoms with Crippen LogP contribution < -0.4 is 9.88 Å². The Kier molecular flexibility index (Phi) is 4.69. The number of primary sulfonamides is 1. The molecule has 0 atom stereocenters. The topological polar surface area (TPSA) is 69.4 Å². The molecule has 1 aromatic rings. The summed E-state index contributed by atoms with van der Waals surface area (Å²) < 4.78 is 40.1. The highest BCUT2D eigenvalue weighted by Crippen LogP contribution is 2.21. The number of sulfonamides is 1. The molecule has 0 unspecified atom stereocenters. The minimum atomic E-state index is -3.48. The molecular weight excluding hydrogens is 301 g/mol. The Bertz CT molecular complexity index is 464. The van der Waals surface area contributed by atoms with Gasteiger partial charge in [0, 0.05) is 4.47 Å². The number of ether oxygens (including phenoxy) is 1. The Balaban J connectivity index is 2.43. The molecule has 0 amide bonds. The molecule has 0 bridgehead atoms. The van der Waals surface area contributed by atoms with Gasteiger partial charge in [-0.15, -0.1) is 0 Å². The van der Waals surface area contributed by atoms with Crippen molar-refractivity contribution in [3.8, 4) is 5.75 Å². The maximum absolute atomic E-state index is 13.2. The maximum atomic E-state index is 13.2. The van der Waals surface area contributed by atoms with Crippen LogP contribution in [-0.4, -0.2) is 20.8 Å². The van der Waals surface area contributed by atoms with Crippen molar-refractivity contribution >= 4 is 26.0 Å². The fourth-order valence-electron chi connectivity index (χ4n) is 1.03. The standard InChI is InChI=1S/C9H11BrFNO3S/c10-7-2-3-9(8(11)6-7)15-4-1-5-16(12,13)14/h2-3,6H,1,4-5H2,(H2,12,13,14). The van der Waals surface area contributed by atoms with E-state index in [1.54, 1.807) is 6.07 Å². The summed E-state index contributed by atoms with van der Waals surface area (Å²) in [5.41, 5.74) is 0. The summed E-state index contributed by atoms with van der Waals surface area (Å²) in [6, 6.07) is 4.38. The summed E-state index contributed by atoms with van der Waals surface area (Å²) in [6.45, 7) is 0.106. The van der Waals surface area contributed by atoms with Crippen molar-refractivity contribution in [1.82, 2.24) is 0 Å². The van der Waals surface area contributed by atoms with Crippen molar-refractivity contribution < 1.29 is 17.5 Å². The van der Waals surface area contributed by atoms with E-state index in [1.807, 2.05) is 0 Å². The molecule has 0 heterocycles. The molecule has 0 fully saturated rings. The number of rotatable bonds is 5. The van der Waals surface area contributed by atoms with Crippen LogP contribution in [0.5, 0.6) is 5.75 Å². The average Bonchev–Trinajstić information content (AvgIpc) is 2.13. The lowest BCUT2D eigenvalue weighted by atomic mass is 10.3. The van der Waals surface area contributed by atoms with E-state index in [0.29, 0.717) is 4.47 Å². The van der Waals surface area contributed by atoms with Gasteiger partial charge in [0.15, 0.2) is 11.6 Å². The molecule has 0 aliphatic heterocycles. The van der Waals surface area contributed by atoms with E-state index in [9.17, 15) is 12.8 Å². The monoisotopic (exact) mass is 311 g/mol. The van der Waals surface area contributed by atoms with Crippen molar-refractivity contribution in [3.05, 3.63) is 28.5 Å². The van der Waals surface area contributed by atoms with Crippen LogP contribution in [0.1, 0.15) is 6.42 Å².